The summed E-state index contributed by atoms with van der Waals surface area (Å²) in [6.07, 6.45) is 1.89. The molecule has 0 saturated heterocycles. The Morgan fingerprint density at radius 3 is 2.48 bits per heavy atom. The smallest absolute Gasteiger partial charge is 0.191 e. The van der Waals surface area contributed by atoms with E-state index in [2.05, 4.69) is 43.3 Å². The van der Waals surface area contributed by atoms with Crippen molar-refractivity contribution in [2.75, 3.05) is 47.1 Å². The van der Waals surface area contributed by atoms with Crippen molar-refractivity contribution in [2.24, 2.45) is 10.4 Å². The highest BCUT2D eigenvalue weighted by Crippen LogP contribution is 2.51. The quantitative estimate of drug-likeness (QED) is 0.363. The molecule has 0 aromatic rings. The van der Waals surface area contributed by atoms with Gasteiger partial charge in [-0.2, -0.15) is 0 Å². The first-order chi connectivity index (χ1) is 10.9. The normalized spacial score (nSPS) is 26.7. The van der Waals surface area contributed by atoms with Crippen LogP contribution in [0.2, 0.25) is 0 Å². The molecular weight excluding hydrogens is 294 g/mol. The third-order valence-corrected chi connectivity index (χ3v) is 5.08. The number of nitrogens with one attached hydrogen (secondary N) is 2. The van der Waals surface area contributed by atoms with Crippen molar-refractivity contribution in [3.63, 3.8) is 0 Å². The zero-order valence-electron chi connectivity index (χ0n) is 15.7. The topological polar surface area (TPSA) is 64.1 Å². The lowest BCUT2D eigenvalue weighted by atomic mass is 9.56. The molecule has 0 radical (unpaired) electrons. The molecule has 1 saturated carbocycles. The van der Waals surface area contributed by atoms with Crippen LogP contribution < -0.4 is 10.6 Å². The highest BCUT2D eigenvalue weighted by atomic mass is 16.5. The number of methoxy groups -OCH3 is 2. The van der Waals surface area contributed by atoms with Crippen LogP contribution in [0.5, 0.6) is 0 Å². The predicted octanol–water partition coefficient (Wildman–Crippen LogP) is 1.80. The molecule has 1 rings (SSSR count). The molecule has 1 fully saturated rings. The van der Waals surface area contributed by atoms with Gasteiger partial charge in [0.2, 0.25) is 0 Å². The van der Waals surface area contributed by atoms with Crippen molar-refractivity contribution in [2.45, 2.75) is 52.2 Å². The van der Waals surface area contributed by atoms with Crippen LogP contribution in [0.15, 0.2) is 4.99 Å². The largest absolute Gasteiger partial charge is 0.382 e. The van der Waals surface area contributed by atoms with E-state index in [1.807, 2.05) is 0 Å². The summed E-state index contributed by atoms with van der Waals surface area (Å²) in [4.78, 5) is 4.63. The SMILES string of the molecule is CCNC(=NCCCOCCOC)NC1CC(C)(OC)C1(C)C. The van der Waals surface area contributed by atoms with Gasteiger partial charge in [0.1, 0.15) is 0 Å². The van der Waals surface area contributed by atoms with Crippen LogP contribution in [0.1, 0.15) is 40.5 Å². The molecule has 6 heteroatoms. The lowest BCUT2D eigenvalue weighted by Crippen LogP contribution is -2.69. The molecule has 0 bridgehead atoms. The van der Waals surface area contributed by atoms with Gasteiger partial charge in [-0.05, 0) is 26.7 Å². The molecule has 1 aliphatic carbocycles. The van der Waals surface area contributed by atoms with Gasteiger partial charge in [-0.25, -0.2) is 0 Å². The first-order valence-electron chi connectivity index (χ1n) is 8.58. The lowest BCUT2D eigenvalue weighted by Gasteiger charge is -2.59. The van der Waals surface area contributed by atoms with Crippen molar-refractivity contribution in [3.05, 3.63) is 0 Å². The molecule has 0 heterocycles. The second kappa shape index (κ2) is 9.45. The van der Waals surface area contributed by atoms with Crippen LogP contribution in [0.3, 0.4) is 0 Å². The van der Waals surface area contributed by atoms with Gasteiger partial charge in [-0.3, -0.25) is 4.99 Å². The molecule has 2 N–H and O–H groups in total. The lowest BCUT2D eigenvalue weighted by molar-refractivity contribution is -0.176. The molecular formula is C17H35N3O3. The summed E-state index contributed by atoms with van der Waals surface area (Å²) in [6, 6.07) is 0.364. The van der Waals surface area contributed by atoms with Crippen LogP contribution in [-0.2, 0) is 14.2 Å². The van der Waals surface area contributed by atoms with E-state index in [1.54, 1.807) is 14.2 Å². The molecule has 0 spiro atoms. The average Bonchev–Trinajstić information content (AvgIpc) is 2.53. The third-order valence-electron chi connectivity index (χ3n) is 5.08. The fourth-order valence-corrected chi connectivity index (χ4v) is 2.81. The highest BCUT2D eigenvalue weighted by Gasteiger charge is 2.58. The molecule has 1 aliphatic rings. The minimum Gasteiger partial charge on any atom is -0.382 e. The number of guanidine groups is 1. The Labute approximate surface area is 141 Å². The molecule has 23 heavy (non-hydrogen) atoms. The van der Waals surface area contributed by atoms with E-state index in [-0.39, 0.29) is 11.0 Å². The summed E-state index contributed by atoms with van der Waals surface area (Å²) in [5, 5.41) is 6.86. The maximum Gasteiger partial charge on any atom is 0.191 e. The summed E-state index contributed by atoms with van der Waals surface area (Å²) < 4.78 is 16.1. The summed E-state index contributed by atoms with van der Waals surface area (Å²) in [5.74, 6) is 0.876. The van der Waals surface area contributed by atoms with Gasteiger partial charge < -0.3 is 24.8 Å². The Morgan fingerprint density at radius 1 is 1.17 bits per heavy atom. The molecule has 2 unspecified atom stereocenters. The molecule has 0 amide bonds. The number of nitrogens with zero attached hydrogens (tertiary/aromatic N) is 1. The summed E-state index contributed by atoms with van der Waals surface area (Å²) in [7, 11) is 3.47. The Hall–Kier alpha value is -0.850. The van der Waals surface area contributed by atoms with Crippen LogP contribution in [0, 0.1) is 5.41 Å². The van der Waals surface area contributed by atoms with E-state index in [9.17, 15) is 0 Å². The minimum atomic E-state index is -0.0722. The van der Waals surface area contributed by atoms with Gasteiger partial charge >= 0.3 is 0 Å². The number of aliphatic imine (C=N–C) groups is 1. The van der Waals surface area contributed by atoms with Crippen molar-refractivity contribution in [1.29, 1.82) is 0 Å². The van der Waals surface area contributed by atoms with E-state index < -0.39 is 0 Å². The maximum atomic E-state index is 5.68. The standard InChI is InChI=1S/C17H35N3O3/c1-7-18-15(19-9-8-10-23-12-11-21-5)20-14-13-17(4,22-6)16(14,2)3/h14H,7-13H2,1-6H3,(H2,18,19,20). The van der Waals surface area contributed by atoms with Crippen LogP contribution in [0.4, 0.5) is 0 Å². The monoisotopic (exact) mass is 329 g/mol. The molecule has 6 nitrogen and oxygen atoms in total. The van der Waals surface area contributed by atoms with Crippen molar-refractivity contribution in [3.8, 4) is 0 Å². The molecule has 0 aliphatic heterocycles. The molecule has 2 atom stereocenters. The third kappa shape index (κ3) is 5.33. The zero-order chi connectivity index (χ0) is 17.3. The van der Waals surface area contributed by atoms with Crippen LogP contribution >= 0.6 is 0 Å². The van der Waals surface area contributed by atoms with Crippen LogP contribution in [0.25, 0.3) is 0 Å². The first-order valence-corrected chi connectivity index (χ1v) is 8.58. The van der Waals surface area contributed by atoms with Gasteiger partial charge in [-0.1, -0.05) is 13.8 Å². The predicted molar refractivity (Wildman–Crippen MR) is 94.0 cm³/mol. The Kier molecular flexibility index (Phi) is 8.29. The minimum absolute atomic E-state index is 0.0706. The van der Waals surface area contributed by atoms with Crippen molar-refractivity contribution >= 4 is 5.96 Å². The highest BCUT2D eigenvalue weighted by molar-refractivity contribution is 5.80. The van der Waals surface area contributed by atoms with Gasteiger partial charge in [-0.15, -0.1) is 0 Å². The molecule has 0 aromatic heterocycles. The zero-order valence-corrected chi connectivity index (χ0v) is 15.7. The molecule has 136 valence electrons. The van der Waals surface area contributed by atoms with Gasteiger partial charge in [0.15, 0.2) is 5.96 Å². The Bertz CT molecular complexity index is 374. The fraction of sp³-hybridized carbons (Fsp3) is 0.941. The number of ether oxygens (including phenoxy) is 3. The van der Waals surface area contributed by atoms with Gasteiger partial charge in [0.25, 0.3) is 0 Å². The van der Waals surface area contributed by atoms with E-state index >= 15 is 0 Å². The summed E-state index contributed by atoms with van der Waals surface area (Å²) in [5.41, 5.74) is -0.00160. The summed E-state index contributed by atoms with van der Waals surface area (Å²) >= 11 is 0. The van der Waals surface area contributed by atoms with Gasteiger partial charge in [0.05, 0.1) is 18.8 Å². The number of rotatable bonds is 10. The number of hydrogen-bond donors (Lipinski definition) is 2. The maximum absolute atomic E-state index is 5.68. The second-order valence-electron chi connectivity index (χ2n) is 6.78. The molecule has 0 aromatic carbocycles. The Balaban J connectivity index is 2.39. The summed E-state index contributed by atoms with van der Waals surface area (Å²) in [6.45, 7) is 12.3. The van der Waals surface area contributed by atoms with Crippen molar-refractivity contribution < 1.29 is 14.2 Å². The average molecular weight is 329 g/mol. The fourth-order valence-electron chi connectivity index (χ4n) is 2.81. The van der Waals surface area contributed by atoms with Gasteiger partial charge in [0, 0.05) is 45.4 Å². The van der Waals surface area contributed by atoms with E-state index in [0.717, 1.165) is 31.9 Å². The number of hydrogen-bond acceptors (Lipinski definition) is 4. The van der Waals surface area contributed by atoms with E-state index in [1.165, 1.54) is 0 Å². The van der Waals surface area contributed by atoms with Crippen molar-refractivity contribution in [1.82, 2.24) is 10.6 Å². The first kappa shape index (κ1) is 20.2. The van der Waals surface area contributed by atoms with E-state index in [0.29, 0.717) is 25.9 Å². The second-order valence-corrected chi connectivity index (χ2v) is 6.78. The Morgan fingerprint density at radius 2 is 1.91 bits per heavy atom. The van der Waals surface area contributed by atoms with E-state index in [4.69, 9.17) is 14.2 Å². The van der Waals surface area contributed by atoms with Crippen LogP contribution in [-0.4, -0.2) is 64.7 Å².